The van der Waals surface area contributed by atoms with Crippen molar-refractivity contribution in [2.24, 2.45) is 11.8 Å². The van der Waals surface area contributed by atoms with Gasteiger partial charge in [-0.15, -0.1) is 0 Å². The minimum Gasteiger partial charge on any atom is -0.377 e. The molecular weight excluding hydrogens is 326 g/mol. The predicted molar refractivity (Wildman–Crippen MR) is 107 cm³/mol. The number of benzene rings is 1. The monoisotopic (exact) mass is 359 g/mol. The number of amides is 2. The zero-order valence-corrected chi connectivity index (χ0v) is 17.0. The van der Waals surface area contributed by atoms with Crippen molar-refractivity contribution in [2.45, 2.75) is 59.5 Å². The fraction of sp³-hybridized carbons (Fsp3) is 0.619. The zero-order chi connectivity index (χ0) is 19.4. The summed E-state index contributed by atoms with van der Waals surface area (Å²) >= 11 is 0. The van der Waals surface area contributed by atoms with Crippen LogP contribution in [0.5, 0.6) is 0 Å². The maximum Gasteiger partial charge on any atom is 0.225 e. The second-order valence-electron chi connectivity index (χ2n) is 8.24. The van der Waals surface area contributed by atoms with Crippen molar-refractivity contribution in [1.29, 1.82) is 0 Å². The molecule has 0 unspecified atom stereocenters. The molecule has 2 amide bonds. The molecular formula is C21H33N3O2. The summed E-state index contributed by atoms with van der Waals surface area (Å²) in [6.07, 6.45) is 2.67. The molecule has 0 spiro atoms. The Morgan fingerprint density at radius 3 is 2.31 bits per heavy atom. The van der Waals surface area contributed by atoms with E-state index in [4.69, 9.17) is 0 Å². The van der Waals surface area contributed by atoms with Crippen LogP contribution in [0.4, 0.5) is 11.4 Å². The number of hydrogen-bond acceptors (Lipinski definition) is 3. The van der Waals surface area contributed by atoms with Gasteiger partial charge in [0.15, 0.2) is 0 Å². The van der Waals surface area contributed by atoms with Crippen molar-refractivity contribution in [1.82, 2.24) is 4.90 Å². The first-order valence-corrected chi connectivity index (χ1v) is 9.59. The van der Waals surface area contributed by atoms with Crippen LogP contribution < -0.4 is 10.2 Å². The number of nitrogens with one attached hydrogen (secondary N) is 1. The highest BCUT2D eigenvalue weighted by Crippen LogP contribution is 2.32. The maximum absolute atomic E-state index is 12.6. The molecule has 26 heavy (non-hydrogen) atoms. The van der Waals surface area contributed by atoms with E-state index >= 15 is 0 Å². The van der Waals surface area contributed by atoms with Crippen LogP contribution in [0.1, 0.15) is 52.5 Å². The Hall–Kier alpha value is -2.04. The normalized spacial score (nSPS) is 13.8. The van der Waals surface area contributed by atoms with Crippen LogP contribution in [-0.4, -0.2) is 36.9 Å². The first-order chi connectivity index (χ1) is 12.2. The molecule has 5 nitrogen and oxygen atoms in total. The van der Waals surface area contributed by atoms with E-state index in [1.165, 1.54) is 0 Å². The molecule has 0 radical (unpaired) electrons. The van der Waals surface area contributed by atoms with Crippen LogP contribution in [0.25, 0.3) is 0 Å². The number of anilines is 2. The minimum absolute atomic E-state index is 0.00710. The van der Waals surface area contributed by atoms with E-state index in [0.29, 0.717) is 24.9 Å². The van der Waals surface area contributed by atoms with Crippen molar-refractivity contribution >= 4 is 23.2 Å². The van der Waals surface area contributed by atoms with E-state index in [9.17, 15) is 9.59 Å². The highest BCUT2D eigenvalue weighted by Gasteiger charge is 2.34. The quantitative estimate of drug-likeness (QED) is 0.766. The van der Waals surface area contributed by atoms with Gasteiger partial charge in [-0.3, -0.25) is 9.59 Å². The van der Waals surface area contributed by atoms with Gasteiger partial charge in [-0.2, -0.15) is 0 Å². The molecule has 1 aromatic rings. The summed E-state index contributed by atoms with van der Waals surface area (Å²) in [5.74, 6) is 0.546. The van der Waals surface area contributed by atoms with Gasteiger partial charge in [0.25, 0.3) is 0 Å². The van der Waals surface area contributed by atoms with Gasteiger partial charge in [0.05, 0.1) is 0 Å². The molecule has 1 aliphatic rings. The molecule has 0 aliphatic heterocycles. The molecule has 1 N–H and O–H groups in total. The minimum atomic E-state index is -0.00710. The van der Waals surface area contributed by atoms with Gasteiger partial charge in [0, 0.05) is 50.4 Å². The van der Waals surface area contributed by atoms with Crippen molar-refractivity contribution < 1.29 is 9.59 Å². The van der Waals surface area contributed by atoms with Crippen molar-refractivity contribution in [3.05, 3.63) is 23.8 Å². The van der Waals surface area contributed by atoms with Gasteiger partial charge in [-0.1, -0.05) is 27.7 Å². The van der Waals surface area contributed by atoms with E-state index < -0.39 is 0 Å². The van der Waals surface area contributed by atoms with E-state index in [0.717, 1.165) is 29.8 Å². The van der Waals surface area contributed by atoms with Gasteiger partial charge >= 0.3 is 0 Å². The predicted octanol–water partition coefficient (Wildman–Crippen LogP) is 3.88. The summed E-state index contributed by atoms with van der Waals surface area (Å²) < 4.78 is 0. The van der Waals surface area contributed by atoms with Crippen molar-refractivity contribution in [2.75, 3.05) is 24.3 Å². The van der Waals surface area contributed by atoms with E-state index in [1.54, 1.807) is 0 Å². The molecule has 1 fully saturated rings. The first-order valence-electron chi connectivity index (χ1n) is 9.59. The maximum atomic E-state index is 12.6. The Kier molecular flexibility index (Phi) is 6.68. The van der Waals surface area contributed by atoms with Gasteiger partial charge in [-0.05, 0) is 42.5 Å². The second-order valence-corrected chi connectivity index (χ2v) is 8.24. The smallest absolute Gasteiger partial charge is 0.225 e. The average molecular weight is 360 g/mol. The van der Waals surface area contributed by atoms with Crippen LogP contribution in [0.2, 0.25) is 0 Å². The third kappa shape index (κ3) is 5.48. The van der Waals surface area contributed by atoms with Gasteiger partial charge in [0.1, 0.15) is 0 Å². The molecule has 5 heteroatoms. The molecule has 144 valence electrons. The van der Waals surface area contributed by atoms with E-state index in [2.05, 4.69) is 10.2 Å². The standard InChI is InChI=1S/C21H33N3O2/c1-14(2)11-20(25)22-17-7-10-19(23(5)6)16(12-17)13-24(18-8-9-18)21(26)15(3)4/h7,10,12,14-15,18H,8-9,11,13H2,1-6H3,(H,22,25). The number of hydrogen-bond donors (Lipinski definition) is 1. The Balaban J connectivity index is 2.24. The summed E-state index contributed by atoms with van der Waals surface area (Å²) in [6, 6.07) is 6.32. The van der Waals surface area contributed by atoms with Crippen LogP contribution in [-0.2, 0) is 16.1 Å². The summed E-state index contributed by atoms with van der Waals surface area (Å²) in [6.45, 7) is 8.56. The number of carbonyl (C=O) groups excluding carboxylic acids is 2. The average Bonchev–Trinajstić information content (AvgIpc) is 3.35. The van der Waals surface area contributed by atoms with E-state index in [-0.39, 0.29) is 17.7 Å². The lowest BCUT2D eigenvalue weighted by molar-refractivity contribution is -0.135. The van der Waals surface area contributed by atoms with Gasteiger partial charge in [0.2, 0.25) is 11.8 Å². The van der Waals surface area contributed by atoms with Crippen LogP contribution in [0.15, 0.2) is 18.2 Å². The third-order valence-electron chi connectivity index (χ3n) is 4.54. The number of nitrogens with zero attached hydrogens (tertiary/aromatic N) is 2. The third-order valence-corrected chi connectivity index (χ3v) is 4.54. The lowest BCUT2D eigenvalue weighted by Gasteiger charge is -2.27. The molecule has 0 saturated heterocycles. The van der Waals surface area contributed by atoms with Crippen LogP contribution in [0, 0.1) is 11.8 Å². The lowest BCUT2D eigenvalue weighted by Crippen LogP contribution is -2.36. The van der Waals surface area contributed by atoms with Crippen molar-refractivity contribution in [3.63, 3.8) is 0 Å². The number of carbonyl (C=O) groups is 2. The fourth-order valence-corrected chi connectivity index (χ4v) is 3.10. The molecule has 0 bridgehead atoms. The Bertz CT molecular complexity index is 649. The summed E-state index contributed by atoms with van der Waals surface area (Å²) in [7, 11) is 4.00. The SMILES string of the molecule is CC(C)CC(=O)Nc1ccc(N(C)C)c(CN(C(=O)C(C)C)C2CC2)c1. The molecule has 0 atom stereocenters. The summed E-state index contributed by atoms with van der Waals surface area (Å²) in [4.78, 5) is 28.8. The molecule has 0 aromatic heterocycles. The molecule has 0 heterocycles. The Morgan fingerprint density at radius 2 is 1.81 bits per heavy atom. The lowest BCUT2D eigenvalue weighted by atomic mass is 10.1. The van der Waals surface area contributed by atoms with Crippen LogP contribution in [0.3, 0.4) is 0 Å². The highest BCUT2D eigenvalue weighted by molar-refractivity contribution is 5.91. The topological polar surface area (TPSA) is 52.7 Å². The molecule has 1 aromatic carbocycles. The number of rotatable bonds is 8. The zero-order valence-electron chi connectivity index (χ0n) is 17.0. The van der Waals surface area contributed by atoms with Gasteiger partial charge < -0.3 is 15.1 Å². The summed E-state index contributed by atoms with van der Waals surface area (Å²) in [5.41, 5.74) is 2.94. The van der Waals surface area contributed by atoms with Crippen molar-refractivity contribution in [3.8, 4) is 0 Å². The summed E-state index contributed by atoms with van der Waals surface area (Å²) in [5, 5.41) is 2.99. The molecule has 2 rings (SSSR count). The Labute approximate surface area is 157 Å². The largest absolute Gasteiger partial charge is 0.377 e. The first kappa shape index (κ1) is 20.3. The van der Waals surface area contributed by atoms with Gasteiger partial charge in [-0.25, -0.2) is 0 Å². The second kappa shape index (κ2) is 8.56. The highest BCUT2D eigenvalue weighted by atomic mass is 16.2. The molecule has 1 aliphatic carbocycles. The Morgan fingerprint density at radius 1 is 1.15 bits per heavy atom. The molecule has 1 saturated carbocycles. The fourth-order valence-electron chi connectivity index (χ4n) is 3.10. The van der Waals surface area contributed by atoms with Crippen LogP contribution >= 0.6 is 0 Å². The van der Waals surface area contributed by atoms with E-state index in [1.807, 2.05) is 64.9 Å².